The van der Waals surface area contributed by atoms with Crippen LogP contribution in [0.2, 0.25) is 26.2 Å². The molecule has 0 aromatic heterocycles. The zero-order valence-electron chi connectivity index (χ0n) is 23.9. The molecule has 6 heteroatoms. The van der Waals surface area contributed by atoms with Crippen molar-refractivity contribution in [1.82, 2.24) is 0 Å². The Morgan fingerprint density at radius 1 is 0.488 bits per heavy atom. The fraction of sp³-hybridized carbons (Fsp3) is 0.143. The molecule has 6 rings (SSSR count). The summed E-state index contributed by atoms with van der Waals surface area (Å²) in [6.45, 7) is 10.4. The monoisotopic (exact) mass is 572 g/mol. The van der Waals surface area contributed by atoms with Crippen molar-refractivity contribution in [1.29, 1.82) is 0 Å². The van der Waals surface area contributed by atoms with Crippen LogP contribution in [0.1, 0.15) is 37.4 Å². The van der Waals surface area contributed by atoms with Crippen molar-refractivity contribution < 1.29 is 18.4 Å². The quantitative estimate of drug-likeness (QED) is 0.239. The molecule has 0 bridgehead atoms. The number of ketones is 2. The van der Waals surface area contributed by atoms with Crippen molar-refractivity contribution in [2.45, 2.75) is 33.1 Å². The van der Waals surface area contributed by atoms with Crippen LogP contribution in [0.5, 0.6) is 0 Å². The summed E-state index contributed by atoms with van der Waals surface area (Å²) in [5.41, 5.74) is 3.92. The summed E-state index contributed by atoms with van der Waals surface area (Å²) in [6, 6.07) is 33.4. The molecule has 0 unspecified atom stereocenters. The first-order valence-electron chi connectivity index (χ1n) is 13.9. The van der Waals surface area contributed by atoms with Crippen molar-refractivity contribution >= 4 is 50.1 Å². The Bertz CT molecular complexity index is 1770. The fourth-order valence-electron chi connectivity index (χ4n) is 5.64. The minimum absolute atomic E-state index is 0.207. The van der Waals surface area contributed by atoms with Crippen LogP contribution in [0.3, 0.4) is 0 Å². The maximum atomic E-state index is 14.4. The van der Waals surface area contributed by atoms with Gasteiger partial charge < -0.3 is 8.85 Å². The molecule has 0 fully saturated rings. The minimum atomic E-state index is -2.57. The number of Topliss-reactive ketones (excluding diaryl/α,β-unsaturated/α-hetero) is 2. The van der Waals surface area contributed by atoms with E-state index in [1.54, 1.807) is 0 Å². The third-order valence-corrected chi connectivity index (χ3v) is 12.8. The smallest absolute Gasteiger partial charge is 0.276 e. The molecule has 0 radical (unpaired) electrons. The maximum absolute atomic E-state index is 14.4. The maximum Gasteiger partial charge on any atom is 0.276 e. The lowest BCUT2D eigenvalue weighted by molar-refractivity contribution is 0.0988. The molecule has 2 aliphatic rings. The highest BCUT2D eigenvalue weighted by molar-refractivity contribution is 6.85. The molecule has 4 nitrogen and oxygen atoms in total. The third kappa shape index (κ3) is 4.63. The van der Waals surface area contributed by atoms with E-state index in [0.717, 1.165) is 15.9 Å². The lowest BCUT2D eigenvalue weighted by Gasteiger charge is -2.36. The number of carbonyl (C=O) groups is 2. The number of benzene rings is 4. The van der Waals surface area contributed by atoms with Crippen molar-refractivity contribution in [2.24, 2.45) is 0 Å². The zero-order valence-corrected chi connectivity index (χ0v) is 25.9. The standard InChI is InChI=1S/C35H32O4Si2/c1-23-20-21-28-29(22-23)33(37)31-30(35(28)39-41(4,5)25-16-10-7-11-17-25)32(36)26-18-12-13-19-27(26)34(31)38-40(2,3)24-14-8-6-9-15-24/h6-22H,1-5H3. The zero-order chi connectivity index (χ0) is 28.9. The Labute approximate surface area is 243 Å². The molecule has 2 aliphatic carbocycles. The second-order valence-corrected chi connectivity index (χ2v) is 19.2. The number of rotatable bonds is 6. The van der Waals surface area contributed by atoms with E-state index in [1.165, 1.54) is 0 Å². The first-order valence-corrected chi connectivity index (χ1v) is 19.7. The summed E-state index contributed by atoms with van der Waals surface area (Å²) in [4.78, 5) is 28.8. The van der Waals surface area contributed by atoms with E-state index in [9.17, 15) is 9.59 Å². The third-order valence-electron chi connectivity index (χ3n) is 7.89. The highest BCUT2D eigenvalue weighted by Gasteiger charge is 2.45. The van der Waals surface area contributed by atoms with Crippen LogP contribution in [-0.4, -0.2) is 28.2 Å². The second-order valence-electron chi connectivity index (χ2n) is 11.6. The van der Waals surface area contributed by atoms with Crippen LogP contribution in [-0.2, 0) is 8.85 Å². The van der Waals surface area contributed by atoms with E-state index < -0.39 is 16.6 Å². The number of carbonyl (C=O) groups excluding carboxylic acids is 2. The summed E-state index contributed by atoms with van der Waals surface area (Å²) in [6.07, 6.45) is 0. The molecular weight excluding hydrogens is 541 g/mol. The number of hydrogen-bond acceptors (Lipinski definition) is 4. The predicted molar refractivity (Wildman–Crippen MR) is 169 cm³/mol. The average molecular weight is 573 g/mol. The molecule has 4 aromatic rings. The van der Waals surface area contributed by atoms with Crippen molar-refractivity contribution in [3.8, 4) is 0 Å². The lowest BCUT2D eigenvalue weighted by atomic mass is 9.76. The predicted octanol–water partition coefficient (Wildman–Crippen LogP) is 6.77. The first kappa shape index (κ1) is 26.9. The molecule has 0 heterocycles. The molecule has 0 atom stereocenters. The van der Waals surface area contributed by atoms with E-state index in [1.807, 2.05) is 85.8 Å². The number of fused-ring (bicyclic) bond motifs is 3. The van der Waals surface area contributed by atoms with E-state index >= 15 is 0 Å². The minimum Gasteiger partial charge on any atom is -0.539 e. The van der Waals surface area contributed by atoms with Crippen LogP contribution in [0.15, 0.2) is 114 Å². The van der Waals surface area contributed by atoms with Crippen LogP contribution in [0.25, 0.3) is 11.5 Å². The van der Waals surface area contributed by atoms with E-state index in [2.05, 4.69) is 50.5 Å². The van der Waals surface area contributed by atoms with Gasteiger partial charge in [0.25, 0.3) is 16.6 Å². The van der Waals surface area contributed by atoms with Gasteiger partial charge in [0, 0.05) is 22.3 Å². The Hall–Kier alpha value is -4.27. The molecule has 4 aromatic carbocycles. The summed E-state index contributed by atoms with van der Waals surface area (Å²) < 4.78 is 13.9. The van der Waals surface area contributed by atoms with Crippen molar-refractivity contribution in [2.75, 3.05) is 0 Å². The van der Waals surface area contributed by atoms with Gasteiger partial charge in [-0.15, -0.1) is 0 Å². The van der Waals surface area contributed by atoms with Crippen LogP contribution < -0.4 is 10.4 Å². The largest absolute Gasteiger partial charge is 0.539 e. The van der Waals surface area contributed by atoms with Gasteiger partial charge in [-0.05, 0) is 49.6 Å². The van der Waals surface area contributed by atoms with Gasteiger partial charge in [0.15, 0.2) is 11.6 Å². The summed E-state index contributed by atoms with van der Waals surface area (Å²) >= 11 is 0. The highest BCUT2D eigenvalue weighted by Crippen LogP contribution is 2.46. The van der Waals surface area contributed by atoms with Gasteiger partial charge in [0.1, 0.15) is 11.5 Å². The van der Waals surface area contributed by atoms with Gasteiger partial charge in [-0.1, -0.05) is 103 Å². The van der Waals surface area contributed by atoms with Crippen LogP contribution in [0.4, 0.5) is 0 Å². The molecule has 0 spiro atoms. The lowest BCUT2D eigenvalue weighted by Crippen LogP contribution is -2.46. The molecule has 0 aliphatic heterocycles. The summed E-state index contributed by atoms with van der Waals surface area (Å²) in [5.74, 6) is 0.513. The van der Waals surface area contributed by atoms with Gasteiger partial charge in [0.2, 0.25) is 0 Å². The normalized spacial score (nSPS) is 14.9. The fourth-order valence-corrected chi connectivity index (χ4v) is 9.31. The Balaban J connectivity index is 1.64. The Kier molecular flexibility index (Phi) is 6.55. The van der Waals surface area contributed by atoms with Gasteiger partial charge in [-0.25, -0.2) is 0 Å². The van der Waals surface area contributed by atoms with E-state index in [0.29, 0.717) is 44.9 Å². The second kappa shape index (κ2) is 9.98. The van der Waals surface area contributed by atoms with Crippen LogP contribution >= 0.6 is 0 Å². The number of aryl methyl sites for hydroxylation is 1. The topological polar surface area (TPSA) is 52.6 Å². The molecule has 0 amide bonds. The average Bonchev–Trinajstić information content (AvgIpc) is 2.97. The molecule has 204 valence electrons. The summed E-state index contributed by atoms with van der Waals surface area (Å²) in [7, 11) is -5.13. The Morgan fingerprint density at radius 2 is 0.902 bits per heavy atom. The number of hydrogen-bond donors (Lipinski definition) is 0. The SMILES string of the molecule is Cc1ccc2c(c1)C(=O)C1=C(O[Si](C)(C)c3ccccc3)c3ccccc3C(=O)C1=C2O[Si](C)(C)c1ccccc1. The highest BCUT2D eigenvalue weighted by atomic mass is 28.4. The van der Waals surface area contributed by atoms with Gasteiger partial charge in [0.05, 0.1) is 11.1 Å². The van der Waals surface area contributed by atoms with E-state index in [4.69, 9.17) is 8.85 Å². The molecular formula is C35H32O4Si2. The molecule has 0 N–H and O–H groups in total. The van der Waals surface area contributed by atoms with Crippen molar-refractivity contribution in [3.63, 3.8) is 0 Å². The van der Waals surface area contributed by atoms with Crippen molar-refractivity contribution in [3.05, 3.63) is 142 Å². The molecule has 0 saturated carbocycles. The van der Waals surface area contributed by atoms with E-state index in [-0.39, 0.29) is 11.6 Å². The molecule has 41 heavy (non-hydrogen) atoms. The first-order chi connectivity index (χ1) is 19.6. The van der Waals surface area contributed by atoms with Gasteiger partial charge >= 0.3 is 0 Å². The Morgan fingerprint density at radius 3 is 1.41 bits per heavy atom. The van der Waals surface area contributed by atoms with Crippen LogP contribution in [0, 0.1) is 6.92 Å². The molecule has 0 saturated heterocycles. The summed E-state index contributed by atoms with van der Waals surface area (Å²) in [5, 5.41) is 2.20. The van der Waals surface area contributed by atoms with Gasteiger partial charge in [-0.2, -0.15) is 0 Å². The van der Waals surface area contributed by atoms with Gasteiger partial charge in [-0.3, -0.25) is 9.59 Å². The number of allylic oxidation sites excluding steroid dienone is 2.